The summed E-state index contributed by atoms with van der Waals surface area (Å²) >= 11 is 0. The third-order valence-electron chi connectivity index (χ3n) is 7.10. The van der Waals surface area contributed by atoms with Crippen LogP contribution in [0, 0.1) is 12.3 Å². The first kappa shape index (κ1) is 32.1. The minimum atomic E-state index is -0.918. The molecule has 1 saturated heterocycles. The molecule has 10 nitrogen and oxygen atoms in total. The maximum atomic E-state index is 14.2. The van der Waals surface area contributed by atoms with Crippen molar-refractivity contribution in [3.05, 3.63) is 29.3 Å². The molecule has 0 saturated carbocycles. The molecule has 1 fully saturated rings. The van der Waals surface area contributed by atoms with Crippen LogP contribution in [-0.2, 0) is 23.9 Å². The van der Waals surface area contributed by atoms with Crippen LogP contribution in [0.5, 0.6) is 5.75 Å². The lowest BCUT2D eigenvalue weighted by atomic mass is 9.84. The van der Waals surface area contributed by atoms with Gasteiger partial charge in [0.05, 0.1) is 13.5 Å². The fraction of sp³-hybridized carbons (Fsp3) is 0.655. The molecule has 0 aromatic heterocycles. The van der Waals surface area contributed by atoms with E-state index in [0.717, 1.165) is 0 Å². The van der Waals surface area contributed by atoms with Gasteiger partial charge in [-0.3, -0.25) is 19.2 Å². The molecule has 1 aromatic rings. The summed E-state index contributed by atoms with van der Waals surface area (Å²) in [5.74, 6) is -1.04. The summed E-state index contributed by atoms with van der Waals surface area (Å²) in [6.07, 6.45) is 0.0548. The zero-order chi connectivity index (χ0) is 29.5. The molecule has 1 aliphatic heterocycles. The van der Waals surface area contributed by atoms with Gasteiger partial charge in [0.25, 0.3) is 5.91 Å². The SMILES string of the molecule is CCO[C@@H]1OC(=O)C[C@@H]1NC(=O)[C@H](CC)N(C(=O)[C@@H](NC(=O)c1cccc(OC)c1C)C(C)(C)C)[C@@H](C)CC. The number of esters is 1. The summed E-state index contributed by atoms with van der Waals surface area (Å²) in [6, 6.07) is 2.49. The van der Waals surface area contributed by atoms with E-state index >= 15 is 0 Å². The van der Waals surface area contributed by atoms with Crippen molar-refractivity contribution in [3.8, 4) is 5.75 Å². The average Bonchev–Trinajstić information content (AvgIpc) is 3.22. The standard InChI is InChI=1S/C29H45N3O7/c1-10-17(4)32(21(11-2)26(35)30-20-16-23(33)39-28(20)38-12-3)27(36)24(29(6,7)8)31-25(34)19-14-13-15-22(37-9)18(19)5/h13-15,17,20-21,24,28H,10-12,16H2,1-9H3,(H,30,35)(H,31,34)/t17-,20-,21-,24+,28+/m0/s1. The molecule has 218 valence electrons. The molecular weight excluding hydrogens is 502 g/mol. The van der Waals surface area contributed by atoms with Gasteiger partial charge in [-0.05, 0) is 51.2 Å². The lowest BCUT2D eigenvalue weighted by Crippen LogP contribution is -2.62. The van der Waals surface area contributed by atoms with Crippen molar-refractivity contribution in [3.63, 3.8) is 0 Å². The van der Waals surface area contributed by atoms with Gasteiger partial charge in [0, 0.05) is 23.8 Å². The number of methoxy groups -OCH3 is 1. The lowest BCUT2D eigenvalue weighted by molar-refractivity contribution is -0.165. The van der Waals surface area contributed by atoms with Crippen LogP contribution in [0.3, 0.4) is 0 Å². The molecule has 39 heavy (non-hydrogen) atoms. The van der Waals surface area contributed by atoms with E-state index in [4.69, 9.17) is 14.2 Å². The van der Waals surface area contributed by atoms with Crippen LogP contribution >= 0.6 is 0 Å². The van der Waals surface area contributed by atoms with Gasteiger partial charge < -0.3 is 29.7 Å². The van der Waals surface area contributed by atoms with Crippen molar-refractivity contribution in [2.45, 2.75) is 105 Å². The predicted octanol–water partition coefficient (Wildman–Crippen LogP) is 3.35. The van der Waals surface area contributed by atoms with Gasteiger partial charge in [-0.15, -0.1) is 0 Å². The van der Waals surface area contributed by atoms with Crippen LogP contribution < -0.4 is 15.4 Å². The maximum Gasteiger partial charge on any atom is 0.310 e. The van der Waals surface area contributed by atoms with Gasteiger partial charge in [0.2, 0.25) is 18.1 Å². The number of rotatable bonds is 12. The zero-order valence-electron chi connectivity index (χ0n) is 24.8. The molecule has 0 aliphatic carbocycles. The monoisotopic (exact) mass is 547 g/mol. The van der Waals surface area contributed by atoms with Crippen LogP contribution in [0.2, 0.25) is 0 Å². The number of hydrogen-bond donors (Lipinski definition) is 2. The smallest absolute Gasteiger partial charge is 0.310 e. The minimum absolute atomic E-state index is 0.00924. The first-order chi connectivity index (χ1) is 18.3. The van der Waals surface area contributed by atoms with Crippen LogP contribution in [0.1, 0.15) is 83.7 Å². The summed E-state index contributed by atoms with van der Waals surface area (Å²) in [6.45, 7) is 15.1. The van der Waals surface area contributed by atoms with E-state index in [1.165, 1.54) is 7.11 Å². The van der Waals surface area contributed by atoms with Crippen LogP contribution in [0.15, 0.2) is 18.2 Å². The molecule has 0 radical (unpaired) electrons. The van der Waals surface area contributed by atoms with Crippen LogP contribution in [0.25, 0.3) is 0 Å². The largest absolute Gasteiger partial charge is 0.496 e. The van der Waals surface area contributed by atoms with Gasteiger partial charge in [-0.1, -0.05) is 40.7 Å². The summed E-state index contributed by atoms with van der Waals surface area (Å²) in [5.41, 5.74) is 0.412. The number of cyclic esters (lactones) is 1. The number of hydrogen-bond acceptors (Lipinski definition) is 7. The van der Waals surface area contributed by atoms with Crippen molar-refractivity contribution in [1.82, 2.24) is 15.5 Å². The normalized spacial score (nSPS) is 19.5. The van der Waals surface area contributed by atoms with E-state index in [1.54, 1.807) is 36.9 Å². The molecule has 1 aromatic carbocycles. The first-order valence-electron chi connectivity index (χ1n) is 13.7. The van der Waals surface area contributed by atoms with Gasteiger partial charge in [0.1, 0.15) is 23.9 Å². The molecule has 3 amide bonds. The molecule has 1 heterocycles. The third-order valence-corrected chi connectivity index (χ3v) is 7.10. The molecule has 10 heteroatoms. The van der Waals surface area contributed by atoms with E-state index in [9.17, 15) is 19.2 Å². The first-order valence-corrected chi connectivity index (χ1v) is 13.7. The fourth-order valence-corrected chi connectivity index (χ4v) is 4.72. The van der Waals surface area contributed by atoms with Crippen LogP contribution in [-0.4, -0.2) is 72.8 Å². The molecule has 0 unspecified atom stereocenters. The Morgan fingerprint density at radius 2 is 1.82 bits per heavy atom. The number of ether oxygens (including phenoxy) is 3. The second kappa shape index (κ2) is 13.8. The van der Waals surface area contributed by atoms with Crippen molar-refractivity contribution < 1.29 is 33.4 Å². The second-order valence-electron chi connectivity index (χ2n) is 11.0. The number of carbonyl (C=O) groups is 4. The third kappa shape index (κ3) is 7.71. The van der Waals surface area contributed by atoms with Crippen molar-refractivity contribution in [1.29, 1.82) is 0 Å². The Bertz CT molecular complexity index is 1040. The number of nitrogens with one attached hydrogen (secondary N) is 2. The number of benzene rings is 1. The summed E-state index contributed by atoms with van der Waals surface area (Å²) in [4.78, 5) is 54.6. The summed E-state index contributed by atoms with van der Waals surface area (Å²) in [5, 5.41) is 5.81. The Kier molecular flexibility index (Phi) is 11.3. The Hall–Kier alpha value is -3.14. The quantitative estimate of drug-likeness (QED) is 0.385. The molecular formula is C29H45N3O7. The van der Waals surface area contributed by atoms with Crippen molar-refractivity contribution >= 4 is 23.7 Å². The Morgan fingerprint density at radius 3 is 2.36 bits per heavy atom. The van der Waals surface area contributed by atoms with Crippen molar-refractivity contribution in [2.24, 2.45) is 5.41 Å². The predicted molar refractivity (Wildman–Crippen MR) is 147 cm³/mol. The highest BCUT2D eigenvalue weighted by Gasteiger charge is 2.43. The van der Waals surface area contributed by atoms with E-state index in [0.29, 0.717) is 36.3 Å². The Morgan fingerprint density at radius 1 is 1.15 bits per heavy atom. The molecule has 0 bridgehead atoms. The van der Waals surface area contributed by atoms with Gasteiger partial charge in [-0.2, -0.15) is 0 Å². The highest BCUT2D eigenvalue weighted by Crippen LogP contribution is 2.27. The zero-order valence-corrected chi connectivity index (χ0v) is 24.8. The summed E-state index contributed by atoms with van der Waals surface area (Å²) in [7, 11) is 1.54. The molecule has 5 atom stereocenters. The fourth-order valence-electron chi connectivity index (χ4n) is 4.72. The summed E-state index contributed by atoms with van der Waals surface area (Å²) < 4.78 is 16.0. The lowest BCUT2D eigenvalue weighted by Gasteiger charge is -2.41. The molecule has 2 rings (SSSR count). The molecule has 2 N–H and O–H groups in total. The minimum Gasteiger partial charge on any atom is -0.496 e. The maximum absolute atomic E-state index is 14.2. The van der Waals surface area contributed by atoms with Crippen molar-refractivity contribution in [2.75, 3.05) is 13.7 Å². The second-order valence-corrected chi connectivity index (χ2v) is 11.0. The van der Waals surface area contributed by atoms with E-state index < -0.39 is 47.6 Å². The van der Waals surface area contributed by atoms with Crippen LogP contribution in [0.4, 0.5) is 0 Å². The van der Waals surface area contributed by atoms with E-state index in [1.807, 2.05) is 41.5 Å². The topological polar surface area (TPSA) is 123 Å². The molecule has 0 spiro atoms. The van der Waals surface area contributed by atoms with Gasteiger partial charge in [0.15, 0.2) is 0 Å². The highest BCUT2D eigenvalue weighted by atomic mass is 16.7. The Labute approximate surface area is 232 Å². The average molecular weight is 548 g/mol. The van der Waals surface area contributed by atoms with E-state index in [-0.39, 0.29) is 18.4 Å². The number of carbonyl (C=O) groups excluding carboxylic acids is 4. The van der Waals surface area contributed by atoms with E-state index in [2.05, 4.69) is 10.6 Å². The Balaban J connectivity index is 2.38. The highest BCUT2D eigenvalue weighted by molar-refractivity contribution is 6.00. The molecule has 1 aliphatic rings. The van der Waals surface area contributed by atoms with Gasteiger partial charge in [-0.25, -0.2) is 0 Å². The van der Waals surface area contributed by atoms with Gasteiger partial charge >= 0.3 is 5.97 Å². The number of nitrogens with zero attached hydrogens (tertiary/aromatic N) is 1. The number of amides is 3.